The highest BCUT2D eigenvalue weighted by molar-refractivity contribution is 6.00. The average Bonchev–Trinajstić information content (AvgIpc) is 2.98. The molecule has 0 aromatic heterocycles. The monoisotopic (exact) mass is 418 g/mol. The number of dihydropyridines is 1. The van der Waals surface area contributed by atoms with E-state index in [9.17, 15) is 18.4 Å². The molecule has 4 aliphatic heterocycles. The van der Waals surface area contributed by atoms with E-state index < -0.39 is 28.8 Å². The van der Waals surface area contributed by atoms with Crippen LogP contribution in [0.4, 0.5) is 8.78 Å². The van der Waals surface area contributed by atoms with Gasteiger partial charge in [-0.05, 0) is 18.3 Å². The fraction of sp³-hybridized carbons (Fsp3) is 0.714. The van der Waals surface area contributed by atoms with Gasteiger partial charge in [0.25, 0.3) is 5.92 Å². The maximum atomic E-state index is 13.3. The van der Waals surface area contributed by atoms with Crippen molar-refractivity contribution in [3.05, 3.63) is 22.7 Å². The van der Waals surface area contributed by atoms with E-state index in [0.29, 0.717) is 44.9 Å². The van der Waals surface area contributed by atoms with Crippen molar-refractivity contribution in [1.82, 2.24) is 10.2 Å². The van der Waals surface area contributed by atoms with Crippen LogP contribution >= 0.6 is 0 Å². The molecule has 0 aromatic carbocycles. The Kier molecular flexibility index (Phi) is 3.32. The Morgan fingerprint density at radius 1 is 1.27 bits per heavy atom. The van der Waals surface area contributed by atoms with E-state index in [0.717, 1.165) is 23.3 Å². The summed E-state index contributed by atoms with van der Waals surface area (Å²) in [5.41, 5.74) is 1.34. The summed E-state index contributed by atoms with van der Waals surface area (Å²) in [6.45, 7) is 5.52. The number of hydrogen-bond acceptors (Lipinski definition) is 6. The zero-order chi connectivity index (χ0) is 21.1. The Morgan fingerprint density at radius 2 is 2.00 bits per heavy atom. The number of ketones is 1. The minimum atomic E-state index is -2.86. The zero-order valence-corrected chi connectivity index (χ0v) is 17.1. The molecule has 2 saturated heterocycles. The van der Waals surface area contributed by atoms with E-state index >= 15 is 0 Å². The molecule has 9 heteroatoms. The molecule has 2 unspecified atom stereocenters. The molecule has 1 amide bonds. The number of carbonyl (C=O) groups excluding carboxylic acids is 2. The summed E-state index contributed by atoms with van der Waals surface area (Å²) in [4.78, 5) is 27.1. The molecule has 6 rings (SSSR count). The molecule has 7 nitrogen and oxygen atoms in total. The van der Waals surface area contributed by atoms with Crippen molar-refractivity contribution >= 4 is 11.7 Å². The molecule has 0 radical (unpaired) electrons. The predicted octanol–water partition coefficient (Wildman–Crippen LogP) is 2.55. The molecule has 0 bridgehead atoms. The first kappa shape index (κ1) is 18.6. The quantitative estimate of drug-likeness (QED) is 0.710. The normalized spacial score (nSPS) is 36.7. The van der Waals surface area contributed by atoms with Crippen molar-refractivity contribution in [2.75, 3.05) is 26.2 Å². The fourth-order valence-corrected chi connectivity index (χ4v) is 6.06. The second kappa shape index (κ2) is 5.36. The lowest BCUT2D eigenvalue weighted by atomic mass is 9.61. The molecule has 1 saturated carbocycles. The second-order valence-corrected chi connectivity index (χ2v) is 10.6. The molecular formula is C21H24F2N4O3. The molecule has 0 aromatic rings. The molecule has 6 aliphatic rings. The molecular weight excluding hydrogens is 394 g/mol. The van der Waals surface area contributed by atoms with Gasteiger partial charge >= 0.3 is 0 Å². The third-order valence-electron chi connectivity index (χ3n) is 7.53. The van der Waals surface area contributed by atoms with Crippen LogP contribution in [0.3, 0.4) is 0 Å². The summed E-state index contributed by atoms with van der Waals surface area (Å²) >= 11 is 0. The van der Waals surface area contributed by atoms with Crippen LogP contribution in [0.1, 0.15) is 39.5 Å². The van der Waals surface area contributed by atoms with Crippen molar-refractivity contribution in [3.8, 4) is 0 Å². The van der Waals surface area contributed by atoms with Crippen molar-refractivity contribution in [2.45, 2.75) is 51.1 Å². The van der Waals surface area contributed by atoms with Gasteiger partial charge in [-0.2, -0.15) is 5.11 Å². The van der Waals surface area contributed by atoms with Crippen LogP contribution in [-0.4, -0.2) is 54.4 Å². The van der Waals surface area contributed by atoms with Gasteiger partial charge in [-0.1, -0.05) is 13.8 Å². The van der Waals surface area contributed by atoms with Gasteiger partial charge in [0.05, 0.1) is 31.7 Å². The number of nitrogens with one attached hydrogen (secondary N) is 1. The molecule has 2 spiro atoms. The Hall–Kier alpha value is -2.16. The first-order valence-corrected chi connectivity index (χ1v) is 10.5. The minimum Gasteiger partial charge on any atom is -0.370 e. The van der Waals surface area contributed by atoms with Gasteiger partial charge in [0, 0.05) is 29.7 Å². The Balaban J connectivity index is 1.30. The maximum Gasteiger partial charge on any atom is 0.260 e. The molecule has 2 atom stereocenters. The number of ether oxygens (including phenoxy) is 1. The number of hydrogen-bond donors (Lipinski definition) is 1. The topological polar surface area (TPSA) is 83.4 Å². The van der Waals surface area contributed by atoms with Gasteiger partial charge in [-0.15, -0.1) is 5.11 Å². The summed E-state index contributed by atoms with van der Waals surface area (Å²) in [5, 5.41) is 11.8. The molecule has 4 heterocycles. The highest BCUT2D eigenvalue weighted by atomic mass is 19.3. The maximum absolute atomic E-state index is 13.3. The number of likely N-dealkylation sites (tertiary alicyclic amines) is 1. The first-order chi connectivity index (χ1) is 14.0. The lowest BCUT2D eigenvalue weighted by Gasteiger charge is -2.49. The van der Waals surface area contributed by atoms with Crippen molar-refractivity contribution < 1.29 is 23.1 Å². The van der Waals surface area contributed by atoms with Crippen LogP contribution < -0.4 is 5.32 Å². The lowest BCUT2D eigenvalue weighted by Crippen LogP contribution is -2.64. The van der Waals surface area contributed by atoms with Crippen LogP contribution in [-0.2, 0) is 14.3 Å². The van der Waals surface area contributed by atoms with Gasteiger partial charge in [0.2, 0.25) is 5.91 Å². The molecule has 3 fully saturated rings. The van der Waals surface area contributed by atoms with Crippen LogP contribution in [0.25, 0.3) is 0 Å². The van der Waals surface area contributed by atoms with Gasteiger partial charge in [0.1, 0.15) is 11.5 Å². The van der Waals surface area contributed by atoms with E-state index in [1.807, 2.05) is 0 Å². The summed E-state index contributed by atoms with van der Waals surface area (Å²) in [7, 11) is 0. The van der Waals surface area contributed by atoms with E-state index in [2.05, 4.69) is 29.4 Å². The number of allylic oxidation sites excluding steroid dienone is 1. The zero-order valence-electron chi connectivity index (χ0n) is 17.1. The summed E-state index contributed by atoms with van der Waals surface area (Å²) in [6.07, 6.45) is 1.42. The predicted molar refractivity (Wildman–Crippen MR) is 100 cm³/mol. The third-order valence-corrected chi connectivity index (χ3v) is 7.53. The highest BCUT2D eigenvalue weighted by Crippen LogP contribution is 2.59. The number of Topliss-reactive ketones (excluding diaryl/α,β-unsaturated/α-hetero) is 1. The van der Waals surface area contributed by atoms with Crippen LogP contribution in [0.15, 0.2) is 32.9 Å². The van der Waals surface area contributed by atoms with Crippen molar-refractivity contribution in [2.24, 2.45) is 27.0 Å². The van der Waals surface area contributed by atoms with Gasteiger partial charge < -0.3 is 15.0 Å². The fourth-order valence-electron chi connectivity index (χ4n) is 6.06. The Morgan fingerprint density at radius 3 is 2.70 bits per heavy atom. The standard InChI is InChI=1S/C21H24F2N4O3/c1-18(2)4-13-15(14(28)5-18)20(12-6-24-26-16(12)25-13)7-19(30-10-20)8-27(9-19)17(29)11-3-21(11,22)23/h11,25H,3-10H2,1-2H3. The van der Waals surface area contributed by atoms with E-state index in [-0.39, 0.29) is 17.6 Å². The van der Waals surface area contributed by atoms with Gasteiger partial charge in [-0.3, -0.25) is 9.59 Å². The third kappa shape index (κ3) is 2.38. The smallest absolute Gasteiger partial charge is 0.260 e. The number of halogens is 2. The van der Waals surface area contributed by atoms with E-state index in [1.54, 1.807) is 0 Å². The van der Waals surface area contributed by atoms with E-state index in [4.69, 9.17) is 4.74 Å². The average molecular weight is 418 g/mol. The van der Waals surface area contributed by atoms with Crippen LogP contribution in [0.5, 0.6) is 0 Å². The molecule has 1 N–H and O–H groups in total. The minimum absolute atomic E-state index is 0.123. The molecule has 2 aliphatic carbocycles. The number of azo groups is 1. The Bertz CT molecular complexity index is 992. The van der Waals surface area contributed by atoms with Crippen molar-refractivity contribution in [1.29, 1.82) is 0 Å². The van der Waals surface area contributed by atoms with Crippen molar-refractivity contribution in [3.63, 3.8) is 0 Å². The SMILES string of the molecule is CC1(C)CC(=O)C2=C(C1)NC1=C(CN=N1)C21COC2(CN(C(=O)C3CC3(F)F)C2)C1. The lowest BCUT2D eigenvalue weighted by molar-refractivity contribution is -0.161. The number of fused-ring (bicyclic) bond motifs is 2. The highest BCUT2D eigenvalue weighted by Gasteiger charge is 2.67. The second-order valence-electron chi connectivity index (χ2n) is 10.6. The number of alkyl halides is 2. The van der Waals surface area contributed by atoms with Crippen LogP contribution in [0.2, 0.25) is 0 Å². The Labute approximate surface area is 172 Å². The van der Waals surface area contributed by atoms with Crippen LogP contribution in [0, 0.1) is 16.7 Å². The number of carbonyl (C=O) groups is 2. The number of rotatable bonds is 1. The van der Waals surface area contributed by atoms with E-state index in [1.165, 1.54) is 4.90 Å². The number of amides is 1. The summed E-state index contributed by atoms with van der Waals surface area (Å²) in [6, 6.07) is 0. The summed E-state index contributed by atoms with van der Waals surface area (Å²) < 4.78 is 32.9. The molecule has 30 heavy (non-hydrogen) atoms. The first-order valence-electron chi connectivity index (χ1n) is 10.5. The largest absolute Gasteiger partial charge is 0.370 e. The summed E-state index contributed by atoms with van der Waals surface area (Å²) in [5.74, 6) is -3.69. The number of nitrogens with zero attached hydrogens (tertiary/aromatic N) is 3. The van der Waals surface area contributed by atoms with Gasteiger partial charge in [0.15, 0.2) is 11.6 Å². The van der Waals surface area contributed by atoms with Gasteiger partial charge in [-0.25, -0.2) is 8.78 Å². The molecule has 160 valence electrons.